The SMILES string of the molecule is CC[C@H](C)[C@@H]1NC(=O)[C@H](Cc2ccc(O)cc2)NC(=O)CCSSC[C@@H](C(=O)N2CCC[C@H]2C(=O)N[C@@H](CO)C(=O)NCC(N)=O)NC(=O)[C@H](CC(N)=O)NC(=O)[C@H](CCC(N)=O)NC1=O. The molecule has 2 aliphatic heterocycles. The van der Waals surface area contributed by atoms with Crippen LogP contribution in [0.1, 0.15) is 64.4 Å². The highest BCUT2D eigenvalue weighted by Crippen LogP contribution is 2.26. The van der Waals surface area contributed by atoms with E-state index in [1.54, 1.807) is 26.0 Å². The number of benzene rings is 1. The number of nitrogens with zero attached hydrogens (tertiary/aromatic N) is 1. The molecule has 2 fully saturated rings. The van der Waals surface area contributed by atoms with Gasteiger partial charge in [-0.2, -0.15) is 0 Å². The Morgan fingerprint density at radius 2 is 1.48 bits per heavy atom. The summed E-state index contributed by atoms with van der Waals surface area (Å²) in [6.45, 7) is 1.98. The molecule has 2 heterocycles. The zero-order chi connectivity index (χ0) is 49.1. The van der Waals surface area contributed by atoms with Gasteiger partial charge in [0.15, 0.2) is 0 Å². The summed E-state index contributed by atoms with van der Waals surface area (Å²) >= 11 is 0. The first-order valence-corrected chi connectivity index (χ1v) is 23.6. The molecule has 0 unspecified atom stereocenters. The van der Waals surface area contributed by atoms with Gasteiger partial charge in [-0.1, -0.05) is 54.0 Å². The number of primary amides is 3. The standard InChI is InChI=1S/C40H59N11O13S2/c1-3-20(2)33-39(63)46-23(10-11-29(41)54)35(59)47-25(16-30(42)55)36(60)49-27(40(64)51-13-4-5-28(51)38(62)48-26(18-52)34(58)44-17-31(43)56)19-66-65-14-12-32(57)45-24(37(61)50-33)15-21-6-8-22(53)9-7-21/h6-9,20,23-28,33,52-53H,3-5,10-19H2,1-2H3,(H2,41,54)(H2,42,55)(H2,43,56)(H,44,58)(H,45,57)(H,46,63)(H,47,59)(H,48,62)(H,49,60)(H,50,61)/t20-,23-,24-,25-,26-,27-,28-,33-/m0/s1. The van der Waals surface area contributed by atoms with Crippen LogP contribution in [0.3, 0.4) is 0 Å². The summed E-state index contributed by atoms with van der Waals surface area (Å²) in [5.74, 6) is -10.3. The van der Waals surface area contributed by atoms with E-state index in [-0.39, 0.29) is 43.1 Å². The second kappa shape index (κ2) is 26.7. The maximum absolute atomic E-state index is 14.3. The summed E-state index contributed by atoms with van der Waals surface area (Å²) in [7, 11) is 2.17. The molecule has 66 heavy (non-hydrogen) atoms. The molecule has 2 saturated heterocycles. The van der Waals surface area contributed by atoms with Crippen LogP contribution in [-0.4, -0.2) is 154 Å². The molecule has 0 saturated carbocycles. The Bertz CT molecular complexity index is 1960. The molecule has 0 bridgehead atoms. The van der Waals surface area contributed by atoms with E-state index in [4.69, 9.17) is 17.2 Å². The maximum atomic E-state index is 14.3. The van der Waals surface area contributed by atoms with E-state index in [0.29, 0.717) is 18.4 Å². The first kappa shape index (κ1) is 54.2. The van der Waals surface area contributed by atoms with Gasteiger partial charge < -0.3 is 69.5 Å². The van der Waals surface area contributed by atoms with Crippen molar-refractivity contribution in [3.63, 3.8) is 0 Å². The third-order valence-electron chi connectivity index (χ3n) is 10.6. The van der Waals surface area contributed by atoms with Gasteiger partial charge in [0, 0.05) is 37.3 Å². The first-order valence-electron chi connectivity index (χ1n) is 21.1. The summed E-state index contributed by atoms with van der Waals surface area (Å²) in [5.41, 5.74) is 16.5. The summed E-state index contributed by atoms with van der Waals surface area (Å²) in [6.07, 6.45) is -1.05. The molecule has 8 atom stereocenters. The van der Waals surface area contributed by atoms with Crippen LogP contribution in [0.2, 0.25) is 0 Å². The number of carbonyl (C=O) groups excluding carboxylic acids is 11. The van der Waals surface area contributed by atoms with Gasteiger partial charge in [0.2, 0.25) is 65.0 Å². The highest BCUT2D eigenvalue weighted by Gasteiger charge is 2.40. The maximum Gasteiger partial charge on any atom is 0.246 e. The summed E-state index contributed by atoms with van der Waals surface area (Å²) in [6, 6.07) is -4.13. The van der Waals surface area contributed by atoms with Crippen molar-refractivity contribution < 1.29 is 63.0 Å². The molecule has 364 valence electrons. The van der Waals surface area contributed by atoms with Crippen LogP contribution in [0.5, 0.6) is 5.75 Å². The highest BCUT2D eigenvalue weighted by atomic mass is 33.1. The van der Waals surface area contributed by atoms with E-state index in [9.17, 15) is 63.0 Å². The van der Waals surface area contributed by atoms with Crippen LogP contribution < -0.4 is 54.4 Å². The number of aromatic hydroxyl groups is 1. The third-order valence-corrected chi connectivity index (χ3v) is 13.0. The lowest BCUT2D eigenvalue weighted by atomic mass is 9.96. The normalized spacial score (nSPS) is 23.6. The van der Waals surface area contributed by atoms with Gasteiger partial charge in [-0.25, -0.2) is 0 Å². The van der Waals surface area contributed by atoms with Gasteiger partial charge >= 0.3 is 0 Å². The average Bonchev–Trinajstić information content (AvgIpc) is 3.76. The number of aliphatic hydroxyl groups is 1. The lowest BCUT2D eigenvalue weighted by Gasteiger charge is -2.31. The van der Waals surface area contributed by atoms with Crippen LogP contribution in [0.15, 0.2) is 24.3 Å². The molecular weight excluding hydrogens is 907 g/mol. The van der Waals surface area contributed by atoms with E-state index >= 15 is 0 Å². The Kier molecular flexibility index (Phi) is 21.9. The molecule has 0 radical (unpaired) electrons. The number of amides is 11. The zero-order valence-corrected chi connectivity index (χ0v) is 38.1. The Morgan fingerprint density at radius 1 is 0.833 bits per heavy atom. The van der Waals surface area contributed by atoms with Crippen molar-refractivity contribution in [1.82, 2.24) is 42.1 Å². The van der Waals surface area contributed by atoms with E-state index in [2.05, 4.69) is 37.2 Å². The van der Waals surface area contributed by atoms with Crippen LogP contribution in [0.25, 0.3) is 0 Å². The smallest absolute Gasteiger partial charge is 0.246 e. The van der Waals surface area contributed by atoms with Crippen LogP contribution in [-0.2, 0) is 59.2 Å². The molecule has 0 spiro atoms. The minimum Gasteiger partial charge on any atom is -0.508 e. The molecule has 0 aromatic heterocycles. The van der Waals surface area contributed by atoms with Crippen molar-refractivity contribution >= 4 is 86.6 Å². The Labute approximate surface area is 387 Å². The van der Waals surface area contributed by atoms with Gasteiger partial charge in [-0.05, 0) is 42.9 Å². The van der Waals surface area contributed by atoms with E-state index < -0.39 is 146 Å². The predicted molar refractivity (Wildman–Crippen MR) is 239 cm³/mol. The lowest BCUT2D eigenvalue weighted by Crippen LogP contribution is -2.61. The molecule has 2 aliphatic rings. The number of carbonyl (C=O) groups is 11. The monoisotopic (exact) mass is 965 g/mol. The molecule has 11 amide bonds. The van der Waals surface area contributed by atoms with Crippen molar-refractivity contribution in [1.29, 1.82) is 0 Å². The van der Waals surface area contributed by atoms with Gasteiger partial charge in [0.05, 0.1) is 19.6 Å². The van der Waals surface area contributed by atoms with Crippen LogP contribution >= 0.6 is 21.6 Å². The topological polar surface area (TPSA) is 394 Å². The van der Waals surface area contributed by atoms with E-state index in [0.717, 1.165) is 26.5 Å². The van der Waals surface area contributed by atoms with E-state index in [1.165, 1.54) is 12.1 Å². The molecule has 3 rings (SSSR count). The van der Waals surface area contributed by atoms with Gasteiger partial charge in [0.25, 0.3) is 0 Å². The molecule has 15 N–H and O–H groups in total. The highest BCUT2D eigenvalue weighted by molar-refractivity contribution is 8.76. The zero-order valence-electron chi connectivity index (χ0n) is 36.5. The number of nitrogens with one attached hydrogen (secondary N) is 7. The Morgan fingerprint density at radius 3 is 2.11 bits per heavy atom. The Hall–Kier alpha value is -6.15. The number of nitrogens with two attached hydrogens (primary N) is 3. The fourth-order valence-corrected chi connectivity index (χ4v) is 8.96. The van der Waals surface area contributed by atoms with Crippen LogP contribution in [0, 0.1) is 5.92 Å². The molecule has 24 nitrogen and oxygen atoms in total. The minimum atomic E-state index is -1.75. The quantitative estimate of drug-likeness (QED) is 0.0694. The average molecular weight is 966 g/mol. The number of phenols is 1. The molecule has 1 aromatic carbocycles. The largest absolute Gasteiger partial charge is 0.508 e. The fourth-order valence-electron chi connectivity index (χ4n) is 6.82. The second-order valence-electron chi connectivity index (χ2n) is 15.7. The number of hydrogen-bond acceptors (Lipinski definition) is 15. The summed E-state index contributed by atoms with van der Waals surface area (Å²) < 4.78 is 0. The first-order chi connectivity index (χ1) is 31.2. The summed E-state index contributed by atoms with van der Waals surface area (Å²) in [4.78, 5) is 146. The molecular formula is C40H59N11O13S2. The number of aliphatic hydroxyl groups excluding tert-OH is 1. The number of hydrogen-bond donors (Lipinski definition) is 12. The van der Waals surface area contributed by atoms with Crippen molar-refractivity contribution in [2.24, 2.45) is 23.1 Å². The summed E-state index contributed by atoms with van der Waals surface area (Å²) in [5, 5.41) is 36.9. The van der Waals surface area contributed by atoms with Crippen LogP contribution in [0.4, 0.5) is 0 Å². The third kappa shape index (κ3) is 17.3. The van der Waals surface area contributed by atoms with Crippen molar-refractivity contribution in [3.05, 3.63) is 29.8 Å². The Balaban J connectivity index is 2.01. The molecule has 26 heteroatoms. The van der Waals surface area contributed by atoms with Gasteiger partial charge in [-0.3, -0.25) is 52.7 Å². The fraction of sp³-hybridized carbons (Fsp3) is 0.575. The minimum absolute atomic E-state index is 0.0121. The van der Waals surface area contributed by atoms with Gasteiger partial charge in [-0.15, -0.1) is 0 Å². The van der Waals surface area contributed by atoms with E-state index in [1.807, 2.05) is 0 Å². The molecule has 0 aliphatic carbocycles. The van der Waals surface area contributed by atoms with Crippen molar-refractivity contribution in [3.8, 4) is 5.75 Å². The number of likely N-dealkylation sites (tertiary alicyclic amines) is 1. The number of phenolic OH excluding ortho intramolecular Hbond substituents is 1. The van der Waals surface area contributed by atoms with Gasteiger partial charge in [0.1, 0.15) is 48.0 Å². The predicted octanol–water partition coefficient (Wildman–Crippen LogP) is -4.60. The van der Waals surface area contributed by atoms with Crippen molar-refractivity contribution in [2.45, 2.75) is 108 Å². The second-order valence-corrected chi connectivity index (χ2v) is 18.3. The van der Waals surface area contributed by atoms with Crippen molar-refractivity contribution in [2.75, 3.05) is 31.2 Å². The molecule has 1 aromatic rings. The lowest BCUT2D eigenvalue weighted by molar-refractivity contribution is -0.142. The number of rotatable bonds is 16.